The molecular weight excluding hydrogens is 382 g/mol. The van der Waals surface area contributed by atoms with Gasteiger partial charge >= 0.3 is 0 Å². The molecule has 0 saturated heterocycles. The van der Waals surface area contributed by atoms with E-state index in [1.807, 2.05) is 19.9 Å². The molecular formula is C24H43NO3S. The number of aliphatic hydroxyl groups excluding tert-OH is 1. The van der Waals surface area contributed by atoms with E-state index < -0.39 is 0 Å². The Balaban J connectivity index is 0. The number of unbranched alkanes of at least 4 members (excludes halogenated alkanes) is 2. The molecule has 29 heavy (non-hydrogen) atoms. The van der Waals surface area contributed by atoms with Gasteiger partial charge in [0.25, 0.3) is 0 Å². The molecule has 0 saturated carbocycles. The van der Waals surface area contributed by atoms with Crippen molar-refractivity contribution in [1.29, 1.82) is 0 Å². The van der Waals surface area contributed by atoms with Crippen LogP contribution in [0.4, 0.5) is 5.69 Å². The molecule has 1 aromatic heterocycles. The van der Waals surface area contributed by atoms with E-state index in [1.165, 1.54) is 55.9 Å². The van der Waals surface area contributed by atoms with Crippen molar-refractivity contribution >= 4 is 28.5 Å². The molecule has 0 aliphatic heterocycles. The smallest absolute Gasteiger partial charge is 0.221 e. The molecule has 168 valence electrons. The predicted molar refractivity (Wildman–Crippen MR) is 130 cm³/mol. The zero-order valence-electron chi connectivity index (χ0n) is 19.5. The van der Waals surface area contributed by atoms with Gasteiger partial charge in [0.1, 0.15) is 0 Å². The maximum absolute atomic E-state index is 11.0. The Bertz CT molecular complexity index is 591. The van der Waals surface area contributed by atoms with Gasteiger partial charge in [-0.1, -0.05) is 70.1 Å². The minimum absolute atomic E-state index is 0.155. The Kier molecular flexibility index (Phi) is 20.1. The van der Waals surface area contributed by atoms with Gasteiger partial charge in [0.15, 0.2) is 5.06 Å². The number of rotatable bonds is 5. The first-order chi connectivity index (χ1) is 14.0. The second kappa shape index (κ2) is 19.7. The standard InChI is InChI=1S/C14H19NO2S.C7H14.C2H6.CH4O/c1-9-4-3-5-11(7-6-9)13-8-12(14(17)18-13)15-10(2)16;1-3-5-7-6-4-2;2*1-2/h5,8-9,17H,3-4,6-7H2,1-2H3,(H,15,16);3,5H,4,6-7H2,1-2H3;1-2H3;2H,1H3. The molecule has 2 rings (SSSR count). The number of carbonyl (C=O) groups excluding carboxylic acids is 1. The van der Waals surface area contributed by atoms with Crippen LogP contribution in [0, 0.1) is 5.92 Å². The van der Waals surface area contributed by atoms with Gasteiger partial charge in [0, 0.05) is 18.9 Å². The fourth-order valence-electron chi connectivity index (χ4n) is 2.72. The van der Waals surface area contributed by atoms with Gasteiger partial charge in [-0.05, 0) is 56.6 Å². The molecule has 0 bridgehead atoms. The third-order valence-corrected chi connectivity index (χ3v) is 5.27. The molecule has 1 heterocycles. The van der Waals surface area contributed by atoms with E-state index in [9.17, 15) is 9.90 Å². The molecule has 1 aliphatic carbocycles. The summed E-state index contributed by atoms with van der Waals surface area (Å²) in [7, 11) is 1.00. The Morgan fingerprint density at radius 1 is 1.31 bits per heavy atom. The summed E-state index contributed by atoms with van der Waals surface area (Å²) in [6, 6.07) is 1.88. The van der Waals surface area contributed by atoms with Crippen molar-refractivity contribution in [3.8, 4) is 5.06 Å². The highest BCUT2D eigenvalue weighted by Crippen LogP contribution is 2.40. The minimum atomic E-state index is -0.155. The third kappa shape index (κ3) is 14.1. The van der Waals surface area contributed by atoms with Crippen molar-refractivity contribution in [2.24, 2.45) is 5.92 Å². The lowest BCUT2D eigenvalue weighted by Gasteiger charge is -2.05. The number of hydrogen-bond donors (Lipinski definition) is 3. The number of carbonyl (C=O) groups is 1. The van der Waals surface area contributed by atoms with E-state index in [-0.39, 0.29) is 11.0 Å². The molecule has 1 amide bonds. The summed E-state index contributed by atoms with van der Waals surface area (Å²) in [5.41, 5.74) is 1.83. The van der Waals surface area contributed by atoms with Crippen LogP contribution in [0.3, 0.4) is 0 Å². The Morgan fingerprint density at radius 2 is 1.97 bits per heavy atom. The summed E-state index contributed by atoms with van der Waals surface area (Å²) in [6.45, 7) is 12.0. The average Bonchev–Trinajstić information content (AvgIpc) is 2.93. The monoisotopic (exact) mass is 425 g/mol. The molecule has 1 aliphatic rings. The topological polar surface area (TPSA) is 69.6 Å². The van der Waals surface area contributed by atoms with Gasteiger partial charge in [-0.3, -0.25) is 4.79 Å². The van der Waals surface area contributed by atoms with Crippen LogP contribution in [0.2, 0.25) is 0 Å². The summed E-state index contributed by atoms with van der Waals surface area (Å²) in [5, 5.41) is 19.7. The number of aliphatic hydroxyl groups is 1. The minimum Gasteiger partial charge on any atom is -0.498 e. The lowest BCUT2D eigenvalue weighted by Crippen LogP contribution is -2.04. The van der Waals surface area contributed by atoms with E-state index in [4.69, 9.17) is 5.11 Å². The number of thiophene rings is 1. The Labute approximate surface area is 182 Å². The van der Waals surface area contributed by atoms with E-state index in [1.54, 1.807) is 0 Å². The Morgan fingerprint density at radius 3 is 2.52 bits per heavy atom. The fourth-order valence-corrected chi connectivity index (χ4v) is 3.64. The molecule has 4 nitrogen and oxygen atoms in total. The summed E-state index contributed by atoms with van der Waals surface area (Å²) in [4.78, 5) is 12.1. The van der Waals surface area contributed by atoms with Crippen molar-refractivity contribution in [3.63, 3.8) is 0 Å². The molecule has 5 heteroatoms. The number of amides is 1. The number of hydrogen-bond acceptors (Lipinski definition) is 4. The van der Waals surface area contributed by atoms with E-state index in [0.717, 1.165) is 30.7 Å². The van der Waals surface area contributed by atoms with Gasteiger partial charge < -0.3 is 15.5 Å². The first-order valence-electron chi connectivity index (χ1n) is 10.8. The van der Waals surface area contributed by atoms with Gasteiger partial charge in [0.2, 0.25) is 5.91 Å². The maximum Gasteiger partial charge on any atom is 0.221 e. The van der Waals surface area contributed by atoms with Gasteiger partial charge in [-0.25, -0.2) is 0 Å². The second-order valence-electron chi connectivity index (χ2n) is 6.67. The SMILES string of the molecule is CC.CC(=O)Nc1cc(C2=CCCC(C)CC2)sc1O.CC=CCCCC.CO. The highest BCUT2D eigenvalue weighted by Gasteiger charge is 2.15. The van der Waals surface area contributed by atoms with Crippen LogP contribution in [-0.4, -0.2) is 23.2 Å². The third-order valence-electron chi connectivity index (χ3n) is 4.26. The van der Waals surface area contributed by atoms with Crippen LogP contribution < -0.4 is 5.32 Å². The van der Waals surface area contributed by atoms with E-state index in [2.05, 4.69) is 44.3 Å². The number of aromatic hydroxyl groups is 1. The largest absolute Gasteiger partial charge is 0.498 e. The number of nitrogens with one attached hydrogen (secondary N) is 1. The summed E-state index contributed by atoms with van der Waals surface area (Å²) >= 11 is 1.35. The van der Waals surface area contributed by atoms with Crippen LogP contribution in [0.5, 0.6) is 5.06 Å². The second-order valence-corrected chi connectivity index (χ2v) is 7.70. The van der Waals surface area contributed by atoms with Crippen LogP contribution in [0.1, 0.15) is 91.4 Å². The Hall–Kier alpha value is -1.59. The molecule has 1 aromatic rings. The zero-order chi connectivity index (χ0) is 22.7. The number of allylic oxidation sites excluding steroid dienone is 4. The van der Waals surface area contributed by atoms with Crippen molar-refractivity contribution in [3.05, 3.63) is 29.2 Å². The maximum atomic E-state index is 11.0. The van der Waals surface area contributed by atoms with E-state index >= 15 is 0 Å². The summed E-state index contributed by atoms with van der Waals surface area (Å²) in [5.74, 6) is 0.611. The molecule has 1 atom stereocenters. The molecule has 1 unspecified atom stereocenters. The van der Waals surface area contributed by atoms with Crippen LogP contribution in [0.25, 0.3) is 5.57 Å². The van der Waals surface area contributed by atoms with Gasteiger partial charge in [-0.2, -0.15) is 0 Å². The van der Waals surface area contributed by atoms with Crippen LogP contribution >= 0.6 is 11.3 Å². The van der Waals surface area contributed by atoms with Crippen LogP contribution in [-0.2, 0) is 4.79 Å². The van der Waals surface area contributed by atoms with Crippen molar-refractivity contribution in [2.75, 3.05) is 12.4 Å². The fraction of sp³-hybridized carbons (Fsp3) is 0.625. The van der Waals surface area contributed by atoms with Gasteiger partial charge in [-0.15, -0.1) is 0 Å². The summed E-state index contributed by atoms with van der Waals surface area (Å²) < 4.78 is 0. The van der Waals surface area contributed by atoms with Crippen molar-refractivity contribution in [1.82, 2.24) is 0 Å². The lowest BCUT2D eigenvalue weighted by atomic mass is 10.0. The lowest BCUT2D eigenvalue weighted by molar-refractivity contribution is -0.114. The average molecular weight is 426 g/mol. The molecule has 0 radical (unpaired) electrons. The zero-order valence-corrected chi connectivity index (χ0v) is 20.4. The van der Waals surface area contributed by atoms with E-state index in [0.29, 0.717) is 5.69 Å². The number of anilines is 1. The van der Waals surface area contributed by atoms with Gasteiger partial charge in [0.05, 0.1) is 5.69 Å². The molecule has 0 aromatic carbocycles. The highest BCUT2D eigenvalue weighted by atomic mass is 32.1. The summed E-state index contributed by atoms with van der Waals surface area (Å²) in [6.07, 6.45) is 15.1. The predicted octanol–water partition coefficient (Wildman–Crippen LogP) is 7.39. The molecule has 0 spiro atoms. The van der Waals surface area contributed by atoms with Crippen molar-refractivity contribution < 1.29 is 15.0 Å². The normalized spacial score (nSPS) is 15.4. The van der Waals surface area contributed by atoms with Crippen LogP contribution in [0.15, 0.2) is 24.3 Å². The quantitative estimate of drug-likeness (QED) is 0.340. The molecule has 3 N–H and O–H groups in total. The van der Waals surface area contributed by atoms with Crippen molar-refractivity contribution in [2.45, 2.75) is 86.5 Å². The highest BCUT2D eigenvalue weighted by molar-refractivity contribution is 7.15. The first kappa shape index (κ1) is 29.6. The first-order valence-corrected chi connectivity index (χ1v) is 11.6. The molecule has 0 fully saturated rings.